The number of fused-ring (bicyclic) bond motifs is 1. The molecule has 2 aromatic heterocycles. The number of anilines is 1. The SMILES string of the molecule is Cn1c(=O)c(N2CCN(C(=O)OC(C)(C)C)CC2c2ccccc2)cc2cnc([S+](C)[O-])nc21. The second-order valence-corrected chi connectivity index (χ2v) is 10.6. The first-order valence-corrected chi connectivity index (χ1v) is 12.6. The Morgan fingerprint density at radius 1 is 1.21 bits per heavy atom. The number of rotatable bonds is 3. The number of carbonyl (C=O) groups excluding carboxylic acids is 1. The number of pyridine rings is 1. The molecule has 1 fully saturated rings. The largest absolute Gasteiger partial charge is 0.609 e. The molecule has 0 saturated carbocycles. The summed E-state index contributed by atoms with van der Waals surface area (Å²) in [6.45, 7) is 6.79. The predicted octanol–water partition coefficient (Wildman–Crippen LogP) is 2.86. The monoisotopic (exact) mass is 483 g/mol. The summed E-state index contributed by atoms with van der Waals surface area (Å²) in [6.07, 6.45) is 2.73. The van der Waals surface area contributed by atoms with Crippen molar-refractivity contribution >= 4 is 34.0 Å². The summed E-state index contributed by atoms with van der Waals surface area (Å²) < 4.78 is 18.9. The van der Waals surface area contributed by atoms with E-state index in [1.807, 2.05) is 56.0 Å². The van der Waals surface area contributed by atoms with Crippen LogP contribution < -0.4 is 10.5 Å². The van der Waals surface area contributed by atoms with Gasteiger partial charge in [0.1, 0.15) is 17.5 Å². The molecule has 4 rings (SSSR count). The van der Waals surface area contributed by atoms with Gasteiger partial charge >= 0.3 is 11.2 Å². The number of amides is 1. The fourth-order valence-corrected chi connectivity index (χ4v) is 4.50. The third kappa shape index (κ3) is 4.88. The summed E-state index contributed by atoms with van der Waals surface area (Å²) in [5, 5.41) is 0.857. The highest BCUT2D eigenvalue weighted by atomic mass is 32.2. The Hall–Kier alpha value is -3.11. The highest BCUT2D eigenvalue weighted by Gasteiger charge is 2.34. The normalized spacial score (nSPS) is 17.6. The van der Waals surface area contributed by atoms with Gasteiger partial charge in [-0.1, -0.05) is 30.3 Å². The molecule has 3 aromatic rings. The third-order valence-electron chi connectivity index (χ3n) is 5.69. The van der Waals surface area contributed by atoms with Gasteiger partial charge in [0.2, 0.25) is 0 Å². The number of benzene rings is 1. The van der Waals surface area contributed by atoms with Crippen molar-refractivity contribution in [3.63, 3.8) is 0 Å². The lowest BCUT2D eigenvalue weighted by atomic mass is 10.0. The van der Waals surface area contributed by atoms with E-state index in [1.165, 1.54) is 10.8 Å². The maximum atomic E-state index is 13.4. The second kappa shape index (κ2) is 9.27. The molecule has 0 spiro atoms. The number of hydrogen-bond acceptors (Lipinski definition) is 7. The minimum Gasteiger partial charge on any atom is -0.609 e. The van der Waals surface area contributed by atoms with Gasteiger partial charge in [-0.3, -0.25) is 9.36 Å². The zero-order valence-corrected chi connectivity index (χ0v) is 20.8. The fourth-order valence-electron chi connectivity index (χ4n) is 4.08. The van der Waals surface area contributed by atoms with Crippen LogP contribution in [0.4, 0.5) is 10.5 Å². The zero-order valence-electron chi connectivity index (χ0n) is 20.0. The molecule has 1 saturated heterocycles. The second-order valence-electron chi connectivity index (χ2n) is 9.33. The van der Waals surface area contributed by atoms with Crippen molar-refractivity contribution in [3.8, 4) is 0 Å². The minimum atomic E-state index is -1.35. The van der Waals surface area contributed by atoms with Gasteiger partial charge in [-0.15, -0.1) is 0 Å². The lowest BCUT2D eigenvalue weighted by molar-refractivity contribution is 0.0214. The standard InChI is InChI=1S/C24H29N5O4S/c1-24(2,3)33-23(31)28-11-12-29(19(15-28)16-9-7-6-8-10-16)18-13-17-14-25-22(34(5)32)26-20(17)27(4)21(18)30/h6-10,13-14,19H,11-12,15H2,1-5H3. The summed E-state index contributed by atoms with van der Waals surface area (Å²) in [5.74, 6) is 0. The molecule has 1 amide bonds. The molecule has 1 aliphatic rings. The average molecular weight is 484 g/mol. The zero-order chi connectivity index (χ0) is 24.6. The van der Waals surface area contributed by atoms with E-state index in [2.05, 4.69) is 9.97 Å². The van der Waals surface area contributed by atoms with Crippen LogP contribution in [0.2, 0.25) is 0 Å². The number of carbonyl (C=O) groups is 1. The van der Waals surface area contributed by atoms with E-state index in [-0.39, 0.29) is 22.9 Å². The summed E-state index contributed by atoms with van der Waals surface area (Å²) in [4.78, 5) is 38.5. The van der Waals surface area contributed by atoms with E-state index >= 15 is 0 Å². The Labute approximate surface area is 201 Å². The first-order chi connectivity index (χ1) is 16.0. The Balaban J connectivity index is 1.75. The van der Waals surface area contributed by atoms with E-state index in [4.69, 9.17) is 4.74 Å². The molecule has 3 heterocycles. The summed E-state index contributed by atoms with van der Waals surface area (Å²) in [5.41, 5.74) is 1.11. The molecular formula is C24H29N5O4S. The van der Waals surface area contributed by atoms with E-state index in [1.54, 1.807) is 24.2 Å². The first-order valence-electron chi connectivity index (χ1n) is 11.0. The summed E-state index contributed by atoms with van der Waals surface area (Å²) >= 11 is -1.35. The molecule has 0 bridgehead atoms. The highest BCUT2D eigenvalue weighted by molar-refractivity contribution is 7.90. The van der Waals surface area contributed by atoms with Gasteiger partial charge < -0.3 is 19.1 Å². The lowest BCUT2D eigenvalue weighted by Crippen LogP contribution is -2.52. The van der Waals surface area contributed by atoms with Crippen LogP contribution in [0, 0.1) is 0 Å². The van der Waals surface area contributed by atoms with Crippen molar-refractivity contribution in [2.24, 2.45) is 7.05 Å². The van der Waals surface area contributed by atoms with Gasteiger partial charge in [-0.2, -0.15) is 9.97 Å². The van der Waals surface area contributed by atoms with E-state index in [0.29, 0.717) is 36.4 Å². The Kier molecular flexibility index (Phi) is 6.55. The van der Waals surface area contributed by atoms with Crippen molar-refractivity contribution in [1.29, 1.82) is 0 Å². The molecule has 180 valence electrons. The van der Waals surface area contributed by atoms with Crippen LogP contribution in [-0.2, 0) is 23.0 Å². The van der Waals surface area contributed by atoms with Crippen molar-refractivity contribution in [3.05, 3.63) is 58.5 Å². The van der Waals surface area contributed by atoms with Gasteiger partial charge in [0.25, 0.3) is 5.56 Å². The highest BCUT2D eigenvalue weighted by Crippen LogP contribution is 2.31. The smallest absolute Gasteiger partial charge is 0.410 e. The number of ether oxygens (including phenoxy) is 1. The van der Waals surface area contributed by atoms with Gasteiger partial charge in [0.05, 0.1) is 6.04 Å². The molecule has 1 aromatic carbocycles. The van der Waals surface area contributed by atoms with Crippen molar-refractivity contribution in [2.45, 2.75) is 37.6 Å². The van der Waals surface area contributed by atoms with Crippen LogP contribution in [0.25, 0.3) is 11.0 Å². The first kappa shape index (κ1) is 24.0. The molecular weight excluding hydrogens is 454 g/mol. The summed E-state index contributed by atoms with van der Waals surface area (Å²) in [6, 6.07) is 11.3. The van der Waals surface area contributed by atoms with Crippen LogP contribution in [-0.4, -0.2) is 61.6 Å². The molecule has 2 unspecified atom stereocenters. The van der Waals surface area contributed by atoms with Crippen molar-refractivity contribution < 1.29 is 14.1 Å². The van der Waals surface area contributed by atoms with E-state index in [0.717, 1.165) is 5.56 Å². The number of aryl methyl sites for hydroxylation is 1. The third-order valence-corrected chi connectivity index (χ3v) is 6.40. The Morgan fingerprint density at radius 3 is 2.56 bits per heavy atom. The minimum absolute atomic E-state index is 0.184. The number of aromatic nitrogens is 3. The Morgan fingerprint density at radius 2 is 1.91 bits per heavy atom. The van der Waals surface area contributed by atoms with Gasteiger partial charge in [0.15, 0.2) is 5.65 Å². The summed E-state index contributed by atoms with van der Waals surface area (Å²) in [7, 11) is 1.65. The quantitative estimate of drug-likeness (QED) is 0.417. The molecule has 10 heteroatoms. The van der Waals surface area contributed by atoms with Crippen LogP contribution in [0.3, 0.4) is 0 Å². The Bertz CT molecular complexity index is 1260. The van der Waals surface area contributed by atoms with Crippen LogP contribution in [0.15, 0.2) is 52.5 Å². The number of piperazine rings is 1. The van der Waals surface area contributed by atoms with Crippen LogP contribution in [0.5, 0.6) is 0 Å². The predicted molar refractivity (Wildman–Crippen MR) is 131 cm³/mol. The molecule has 2 atom stereocenters. The number of hydrogen-bond donors (Lipinski definition) is 0. The van der Waals surface area contributed by atoms with Crippen molar-refractivity contribution in [2.75, 3.05) is 30.8 Å². The molecule has 0 N–H and O–H groups in total. The molecule has 0 radical (unpaired) electrons. The lowest BCUT2D eigenvalue weighted by Gasteiger charge is -2.42. The fraction of sp³-hybridized carbons (Fsp3) is 0.417. The molecule has 0 aliphatic carbocycles. The molecule has 34 heavy (non-hydrogen) atoms. The van der Waals surface area contributed by atoms with E-state index < -0.39 is 16.8 Å². The van der Waals surface area contributed by atoms with Crippen molar-refractivity contribution in [1.82, 2.24) is 19.4 Å². The van der Waals surface area contributed by atoms with E-state index in [9.17, 15) is 14.1 Å². The van der Waals surface area contributed by atoms with Gasteiger partial charge in [-0.05, 0) is 32.4 Å². The van der Waals surface area contributed by atoms with Gasteiger partial charge in [-0.25, -0.2) is 4.79 Å². The maximum absolute atomic E-state index is 13.4. The topological polar surface area (TPSA) is 104 Å². The molecule has 9 nitrogen and oxygen atoms in total. The van der Waals surface area contributed by atoms with Crippen LogP contribution >= 0.6 is 0 Å². The molecule has 1 aliphatic heterocycles. The number of nitrogens with zero attached hydrogens (tertiary/aromatic N) is 5. The van der Waals surface area contributed by atoms with Crippen LogP contribution in [0.1, 0.15) is 32.4 Å². The van der Waals surface area contributed by atoms with Gasteiger partial charge in [0, 0.05) is 49.4 Å². The maximum Gasteiger partial charge on any atom is 0.410 e. The average Bonchev–Trinajstić information content (AvgIpc) is 2.80.